The van der Waals surface area contributed by atoms with Gasteiger partial charge in [-0.1, -0.05) is 44.2 Å². The lowest BCUT2D eigenvalue weighted by Crippen LogP contribution is -2.67. The van der Waals surface area contributed by atoms with E-state index in [1.807, 2.05) is 39.8 Å². The maximum atomic E-state index is 15.9. The standard InChI is InChI=1S/C31H31ClFN7O3/c1-6-22(41)38-13-31(33,14-38)15-39-21-11-20(32)26(23-17(4)7-8-19-12-35-37-25(19)23)36-28(21)40(30(43)29(39)42)27-18(5)9-10-34-24(27)16(2)3/h6-12,16,30,43H,1,13-15H2,2-5H3,(H,35,37). The van der Waals surface area contributed by atoms with E-state index in [-0.39, 0.29) is 35.5 Å². The van der Waals surface area contributed by atoms with Gasteiger partial charge < -0.3 is 14.9 Å². The topological polar surface area (TPSA) is 119 Å². The Morgan fingerprint density at radius 2 is 2.02 bits per heavy atom. The van der Waals surface area contributed by atoms with E-state index in [1.54, 1.807) is 24.5 Å². The number of benzene rings is 1. The van der Waals surface area contributed by atoms with Crippen LogP contribution in [-0.2, 0) is 9.59 Å². The first-order valence-corrected chi connectivity index (χ1v) is 14.3. The number of amides is 2. The Hall–Kier alpha value is -4.35. The fourth-order valence-corrected chi connectivity index (χ4v) is 6.17. The third-order valence-corrected chi connectivity index (χ3v) is 8.36. The number of H-pyrrole nitrogens is 1. The molecular weight excluding hydrogens is 573 g/mol. The number of likely N-dealkylation sites (tertiary alicyclic amines) is 1. The van der Waals surface area contributed by atoms with E-state index < -0.39 is 30.3 Å². The normalized spacial score (nSPS) is 17.8. The minimum absolute atomic E-state index is 0.0519. The third-order valence-electron chi connectivity index (χ3n) is 8.07. The molecule has 0 radical (unpaired) electrons. The summed E-state index contributed by atoms with van der Waals surface area (Å²) in [6.45, 7) is 10.4. The Bertz CT molecular complexity index is 1800. The molecule has 3 aromatic heterocycles. The predicted octanol–water partition coefficient (Wildman–Crippen LogP) is 4.95. The molecular formula is C31H31ClFN7O3. The highest BCUT2D eigenvalue weighted by atomic mass is 35.5. The van der Waals surface area contributed by atoms with Gasteiger partial charge >= 0.3 is 0 Å². The molecule has 2 N–H and O–H groups in total. The zero-order valence-electron chi connectivity index (χ0n) is 24.2. The summed E-state index contributed by atoms with van der Waals surface area (Å²) in [5.41, 5.74) is 3.05. The smallest absolute Gasteiger partial charge is 0.277 e. The summed E-state index contributed by atoms with van der Waals surface area (Å²) in [5.74, 6) is -0.962. The zero-order valence-corrected chi connectivity index (χ0v) is 25.0. The number of aromatic amines is 1. The minimum Gasteiger partial charge on any atom is -0.365 e. The number of fused-ring (bicyclic) bond motifs is 2. The fourth-order valence-electron chi connectivity index (χ4n) is 5.93. The molecule has 0 saturated carbocycles. The van der Waals surface area contributed by atoms with Crippen LogP contribution in [0.4, 0.5) is 21.6 Å². The Labute approximate surface area is 252 Å². The number of pyridine rings is 2. The van der Waals surface area contributed by atoms with Crippen LogP contribution >= 0.6 is 11.6 Å². The first-order chi connectivity index (χ1) is 20.4. The predicted molar refractivity (Wildman–Crippen MR) is 163 cm³/mol. The number of aliphatic hydroxyl groups excluding tert-OH is 1. The SMILES string of the molecule is C=CC(=O)N1CC(F)(CN2C(=O)C(O)N(c3c(C)ccnc3C(C)C)c3nc(-c4c(C)ccc5cn[nH]c45)c(Cl)cc32)C1. The molecule has 1 unspecified atom stereocenters. The summed E-state index contributed by atoms with van der Waals surface area (Å²) in [6, 6.07) is 7.26. The number of rotatable bonds is 6. The molecule has 2 aliphatic heterocycles. The number of halogens is 2. The molecule has 12 heteroatoms. The number of hydrogen-bond donors (Lipinski definition) is 2. The van der Waals surface area contributed by atoms with Gasteiger partial charge in [-0.05, 0) is 49.1 Å². The number of carbonyl (C=O) groups excluding carboxylic acids is 2. The molecule has 222 valence electrons. The lowest BCUT2D eigenvalue weighted by atomic mass is 9.94. The van der Waals surface area contributed by atoms with Crippen molar-refractivity contribution < 1.29 is 19.1 Å². The van der Waals surface area contributed by atoms with E-state index in [0.29, 0.717) is 22.6 Å². The van der Waals surface area contributed by atoms with Crippen LogP contribution in [-0.4, -0.2) is 73.5 Å². The number of nitrogens with one attached hydrogen (secondary N) is 1. The Morgan fingerprint density at radius 1 is 1.28 bits per heavy atom. The van der Waals surface area contributed by atoms with Gasteiger partial charge in [-0.15, -0.1) is 0 Å². The number of aryl methyl sites for hydroxylation is 2. The number of carbonyl (C=O) groups is 2. The summed E-state index contributed by atoms with van der Waals surface area (Å²) in [6.07, 6.45) is 2.78. The van der Waals surface area contributed by atoms with Gasteiger partial charge in [-0.2, -0.15) is 5.10 Å². The van der Waals surface area contributed by atoms with Crippen LogP contribution < -0.4 is 9.80 Å². The highest BCUT2D eigenvalue weighted by molar-refractivity contribution is 6.34. The minimum atomic E-state index is -1.90. The highest BCUT2D eigenvalue weighted by Gasteiger charge is 2.50. The van der Waals surface area contributed by atoms with Gasteiger partial charge in [0.15, 0.2) is 11.5 Å². The molecule has 0 aliphatic carbocycles. The molecule has 6 rings (SSSR count). The van der Waals surface area contributed by atoms with Crippen molar-refractivity contribution in [3.63, 3.8) is 0 Å². The van der Waals surface area contributed by atoms with Crippen LogP contribution in [0.15, 0.2) is 49.3 Å². The van der Waals surface area contributed by atoms with E-state index in [2.05, 4.69) is 21.8 Å². The summed E-state index contributed by atoms with van der Waals surface area (Å²) in [7, 11) is 0. The summed E-state index contributed by atoms with van der Waals surface area (Å²) in [5, 5.41) is 19.9. The Balaban J connectivity index is 1.56. The van der Waals surface area contributed by atoms with Crippen molar-refractivity contribution in [2.45, 2.75) is 45.5 Å². The van der Waals surface area contributed by atoms with Gasteiger partial charge in [0.25, 0.3) is 5.91 Å². The van der Waals surface area contributed by atoms with Crippen LogP contribution in [0.2, 0.25) is 5.02 Å². The molecule has 2 amide bonds. The number of hydrogen-bond acceptors (Lipinski definition) is 7. The fraction of sp³-hybridized carbons (Fsp3) is 0.323. The zero-order chi connectivity index (χ0) is 30.8. The van der Waals surface area contributed by atoms with Gasteiger partial charge in [0.05, 0.1) is 59.1 Å². The summed E-state index contributed by atoms with van der Waals surface area (Å²) < 4.78 is 15.9. The van der Waals surface area contributed by atoms with Crippen molar-refractivity contribution in [2.75, 3.05) is 29.4 Å². The van der Waals surface area contributed by atoms with Crippen molar-refractivity contribution in [1.82, 2.24) is 25.1 Å². The van der Waals surface area contributed by atoms with Crippen LogP contribution in [0.25, 0.3) is 22.2 Å². The van der Waals surface area contributed by atoms with E-state index in [0.717, 1.165) is 28.1 Å². The molecule has 1 atom stereocenters. The van der Waals surface area contributed by atoms with Crippen LogP contribution in [0.3, 0.4) is 0 Å². The summed E-state index contributed by atoms with van der Waals surface area (Å²) >= 11 is 6.91. The summed E-state index contributed by atoms with van der Waals surface area (Å²) in [4.78, 5) is 39.4. The molecule has 1 aromatic carbocycles. The lowest BCUT2D eigenvalue weighted by Gasteiger charge is -2.48. The molecule has 1 saturated heterocycles. The average molecular weight is 604 g/mol. The van der Waals surface area contributed by atoms with Gasteiger partial charge in [0.2, 0.25) is 12.1 Å². The number of aromatic nitrogens is 4. The molecule has 5 heterocycles. The van der Waals surface area contributed by atoms with E-state index in [9.17, 15) is 14.7 Å². The number of nitrogens with zero attached hydrogens (tertiary/aromatic N) is 6. The molecule has 0 spiro atoms. The quantitative estimate of drug-likeness (QED) is 0.299. The molecule has 4 aromatic rings. The van der Waals surface area contributed by atoms with Crippen molar-refractivity contribution in [3.8, 4) is 11.3 Å². The molecule has 2 aliphatic rings. The van der Waals surface area contributed by atoms with Gasteiger partial charge in [0.1, 0.15) is 0 Å². The second-order valence-corrected chi connectivity index (χ2v) is 11.9. The maximum absolute atomic E-state index is 15.9. The highest BCUT2D eigenvalue weighted by Crippen LogP contribution is 2.47. The third kappa shape index (κ3) is 4.63. The van der Waals surface area contributed by atoms with E-state index >= 15 is 4.39 Å². The van der Waals surface area contributed by atoms with Crippen LogP contribution in [0, 0.1) is 13.8 Å². The van der Waals surface area contributed by atoms with Crippen molar-refractivity contribution in [3.05, 3.63) is 71.2 Å². The average Bonchev–Trinajstić information content (AvgIpc) is 3.43. The Kier molecular flexibility index (Phi) is 6.97. The second-order valence-electron chi connectivity index (χ2n) is 11.5. The van der Waals surface area contributed by atoms with Crippen molar-refractivity contribution in [1.29, 1.82) is 0 Å². The van der Waals surface area contributed by atoms with Crippen molar-refractivity contribution >= 4 is 51.5 Å². The monoisotopic (exact) mass is 603 g/mol. The molecule has 10 nitrogen and oxygen atoms in total. The first kappa shape index (κ1) is 28.8. The van der Waals surface area contributed by atoms with E-state index in [4.69, 9.17) is 16.6 Å². The molecule has 0 bridgehead atoms. The Morgan fingerprint density at radius 3 is 2.72 bits per heavy atom. The van der Waals surface area contributed by atoms with Crippen LogP contribution in [0.5, 0.6) is 0 Å². The number of anilines is 3. The van der Waals surface area contributed by atoms with Crippen LogP contribution in [0.1, 0.15) is 36.6 Å². The van der Waals surface area contributed by atoms with E-state index in [1.165, 1.54) is 14.7 Å². The second kappa shape index (κ2) is 10.4. The van der Waals surface area contributed by atoms with Gasteiger partial charge in [0, 0.05) is 17.1 Å². The first-order valence-electron chi connectivity index (χ1n) is 13.9. The molecule has 43 heavy (non-hydrogen) atoms. The molecule has 1 fully saturated rings. The van der Waals surface area contributed by atoms with Gasteiger partial charge in [-0.25, -0.2) is 9.37 Å². The largest absolute Gasteiger partial charge is 0.365 e. The maximum Gasteiger partial charge on any atom is 0.277 e. The number of aliphatic hydroxyl groups is 1. The van der Waals surface area contributed by atoms with Crippen molar-refractivity contribution in [2.24, 2.45) is 0 Å². The number of alkyl halides is 1. The van der Waals surface area contributed by atoms with Gasteiger partial charge in [-0.3, -0.25) is 24.6 Å². The lowest BCUT2D eigenvalue weighted by molar-refractivity contribution is -0.140.